The number of hydrogen-bond donors (Lipinski definition) is 0. The fourth-order valence-corrected chi connectivity index (χ4v) is 8.11. The minimum atomic E-state index is 0.0219. The van der Waals surface area contributed by atoms with E-state index < -0.39 is 0 Å². The van der Waals surface area contributed by atoms with Gasteiger partial charge in [-0.05, 0) is 98.4 Å². The van der Waals surface area contributed by atoms with Gasteiger partial charge in [0.1, 0.15) is 0 Å². The van der Waals surface area contributed by atoms with Crippen LogP contribution in [0.3, 0.4) is 0 Å². The largest absolute Gasteiger partial charge is 0.310 e. The first kappa shape index (κ1) is 27.5. The maximum Gasteiger partial charge on any atom is 0.252 e. The van der Waals surface area contributed by atoms with E-state index in [0.717, 1.165) is 0 Å². The fraction of sp³-hybridized carbons (Fsp3) is 0.209. The second kappa shape index (κ2) is 9.16. The molecule has 7 aromatic rings. The van der Waals surface area contributed by atoms with Gasteiger partial charge in [-0.2, -0.15) is 0 Å². The van der Waals surface area contributed by atoms with E-state index in [2.05, 4.69) is 167 Å². The number of hydrogen-bond acceptors (Lipinski definition) is 0. The summed E-state index contributed by atoms with van der Waals surface area (Å²) in [5.74, 6) is 0. The molecule has 0 radical (unpaired) electrons. The van der Waals surface area contributed by atoms with Gasteiger partial charge < -0.3 is 9.13 Å². The smallest absolute Gasteiger partial charge is 0.252 e. The van der Waals surface area contributed by atoms with Gasteiger partial charge in [0.25, 0.3) is 6.71 Å². The topological polar surface area (TPSA) is 9.86 Å². The zero-order chi connectivity index (χ0) is 31.7. The lowest BCUT2D eigenvalue weighted by Crippen LogP contribution is -2.60. The van der Waals surface area contributed by atoms with Gasteiger partial charge in [0.2, 0.25) is 0 Å². The molecule has 0 saturated heterocycles. The van der Waals surface area contributed by atoms with Crippen molar-refractivity contribution in [2.24, 2.45) is 0 Å². The molecule has 224 valence electrons. The van der Waals surface area contributed by atoms with Crippen LogP contribution in [0.5, 0.6) is 0 Å². The Balaban J connectivity index is 1.50. The Bertz CT molecular complexity index is 2210. The molecule has 0 aliphatic carbocycles. The van der Waals surface area contributed by atoms with Crippen LogP contribution in [0.2, 0.25) is 0 Å². The maximum atomic E-state index is 2.58. The first-order valence-electron chi connectivity index (χ1n) is 16.6. The Morgan fingerprint density at radius 3 is 1.30 bits per heavy atom. The minimum Gasteiger partial charge on any atom is -0.310 e. The quantitative estimate of drug-likeness (QED) is 0.177. The van der Waals surface area contributed by atoms with Gasteiger partial charge in [0, 0.05) is 33.2 Å². The molecule has 0 unspecified atom stereocenters. The highest BCUT2D eigenvalue weighted by Gasteiger charge is 2.42. The van der Waals surface area contributed by atoms with Gasteiger partial charge in [0.15, 0.2) is 0 Å². The van der Waals surface area contributed by atoms with Crippen molar-refractivity contribution in [3.05, 3.63) is 126 Å². The van der Waals surface area contributed by atoms with Gasteiger partial charge >= 0.3 is 0 Å². The van der Waals surface area contributed by atoms with Gasteiger partial charge in [0.05, 0.1) is 11.4 Å². The number of rotatable bonds is 2. The van der Waals surface area contributed by atoms with Crippen LogP contribution in [0.4, 0.5) is 0 Å². The van der Waals surface area contributed by atoms with Crippen LogP contribution < -0.4 is 16.4 Å². The third-order valence-corrected chi connectivity index (χ3v) is 10.4. The molecule has 2 aliphatic heterocycles. The Labute approximate surface area is 272 Å². The van der Waals surface area contributed by atoms with E-state index in [-0.39, 0.29) is 17.5 Å². The van der Waals surface area contributed by atoms with Crippen molar-refractivity contribution in [2.45, 2.75) is 59.3 Å². The number of nitrogens with zero attached hydrogens (tertiary/aromatic N) is 2. The van der Waals surface area contributed by atoms with Crippen molar-refractivity contribution >= 4 is 44.9 Å². The molecule has 0 atom stereocenters. The number of aromatic nitrogens is 2. The van der Waals surface area contributed by atoms with E-state index in [9.17, 15) is 0 Å². The van der Waals surface area contributed by atoms with E-state index in [4.69, 9.17) is 0 Å². The molecular formula is C43H39BN2. The average Bonchev–Trinajstić information content (AvgIpc) is 3.61. The van der Waals surface area contributed by atoms with Crippen LogP contribution in [0, 0.1) is 6.92 Å². The summed E-state index contributed by atoms with van der Waals surface area (Å²) in [7, 11) is 0. The number of aryl methyl sites for hydroxylation is 1. The molecule has 0 bridgehead atoms. The molecule has 0 N–H and O–H groups in total. The summed E-state index contributed by atoms with van der Waals surface area (Å²) in [5.41, 5.74) is 18.6. The van der Waals surface area contributed by atoms with Gasteiger partial charge in [-0.3, -0.25) is 0 Å². The SMILES string of the molecule is Cc1cc2c3c(c1)-n1c(-c4ccccc4)cc4cc(C(C)(C)C)cc(c41)B3c1cc(C(C)(C)C)cc3cc(-c4ccccc4)n-2c13. The van der Waals surface area contributed by atoms with Crippen molar-refractivity contribution in [3.8, 4) is 33.9 Å². The van der Waals surface area contributed by atoms with E-state index in [1.54, 1.807) is 0 Å². The summed E-state index contributed by atoms with van der Waals surface area (Å²) >= 11 is 0. The predicted molar refractivity (Wildman–Crippen MR) is 198 cm³/mol. The fourth-order valence-electron chi connectivity index (χ4n) is 8.11. The lowest BCUT2D eigenvalue weighted by Gasteiger charge is -2.36. The summed E-state index contributed by atoms with van der Waals surface area (Å²) in [5, 5.41) is 2.65. The molecule has 0 spiro atoms. The number of fused-ring (bicyclic) bond motifs is 4. The maximum absolute atomic E-state index is 2.58. The van der Waals surface area contributed by atoms with Crippen LogP contribution in [-0.4, -0.2) is 15.8 Å². The normalized spacial score (nSPS) is 13.5. The highest BCUT2D eigenvalue weighted by atomic mass is 15.0. The van der Waals surface area contributed by atoms with Crippen LogP contribution >= 0.6 is 0 Å². The molecule has 0 fully saturated rings. The Morgan fingerprint density at radius 2 is 0.913 bits per heavy atom. The van der Waals surface area contributed by atoms with Gasteiger partial charge in [-0.25, -0.2) is 0 Å². The molecule has 46 heavy (non-hydrogen) atoms. The third kappa shape index (κ3) is 3.78. The minimum absolute atomic E-state index is 0.0219. The first-order valence-corrected chi connectivity index (χ1v) is 16.6. The third-order valence-electron chi connectivity index (χ3n) is 10.4. The van der Waals surface area contributed by atoms with E-state index in [0.29, 0.717) is 0 Å². The second-order valence-electron chi connectivity index (χ2n) is 15.6. The van der Waals surface area contributed by atoms with Crippen molar-refractivity contribution in [1.82, 2.24) is 9.13 Å². The predicted octanol–water partition coefficient (Wildman–Crippen LogP) is 8.95. The van der Waals surface area contributed by atoms with Crippen LogP contribution in [0.1, 0.15) is 58.2 Å². The summed E-state index contributed by atoms with van der Waals surface area (Å²) in [6.45, 7) is 16.5. The molecule has 0 amide bonds. The lowest BCUT2D eigenvalue weighted by atomic mass is 9.34. The lowest BCUT2D eigenvalue weighted by molar-refractivity contribution is 0.591. The molecule has 0 saturated carbocycles. The Morgan fingerprint density at radius 1 is 0.500 bits per heavy atom. The van der Waals surface area contributed by atoms with Gasteiger partial charge in [-0.15, -0.1) is 0 Å². The molecule has 2 nitrogen and oxygen atoms in total. The van der Waals surface area contributed by atoms with Crippen LogP contribution in [0.15, 0.2) is 109 Å². The standard InChI is InChI=1S/C43H39BN2/c1-26-18-37-39-38(19-26)46-36(28-16-12-9-13-17-28)23-30-21-32(43(5,6)7)25-34(41(30)46)44(39)33-24-31(42(2,3)4)20-29-22-35(45(37)40(29)33)27-14-10-8-11-15-27/h8-25H,1-7H3. The Hall–Kier alpha value is -4.76. The monoisotopic (exact) mass is 594 g/mol. The van der Waals surface area contributed by atoms with E-state index in [1.807, 2.05) is 0 Å². The Kier molecular flexibility index (Phi) is 5.49. The highest BCUT2D eigenvalue weighted by molar-refractivity contribution is 7.00. The first-order chi connectivity index (χ1) is 22.0. The van der Waals surface area contributed by atoms with Crippen molar-refractivity contribution in [3.63, 3.8) is 0 Å². The molecular weight excluding hydrogens is 555 g/mol. The highest BCUT2D eigenvalue weighted by Crippen LogP contribution is 2.41. The zero-order valence-electron chi connectivity index (χ0n) is 27.9. The van der Waals surface area contributed by atoms with Crippen molar-refractivity contribution in [1.29, 1.82) is 0 Å². The summed E-state index contributed by atoms with van der Waals surface area (Å²) < 4.78 is 5.16. The molecule has 2 aromatic heterocycles. The zero-order valence-corrected chi connectivity index (χ0v) is 27.9. The van der Waals surface area contributed by atoms with E-state index >= 15 is 0 Å². The summed E-state index contributed by atoms with van der Waals surface area (Å²) in [6.07, 6.45) is 0. The molecule has 2 aliphatic rings. The van der Waals surface area contributed by atoms with E-state index in [1.165, 1.54) is 88.8 Å². The molecule has 5 aromatic carbocycles. The summed E-state index contributed by atoms with van der Waals surface area (Å²) in [4.78, 5) is 0. The second-order valence-corrected chi connectivity index (χ2v) is 15.6. The van der Waals surface area contributed by atoms with Crippen LogP contribution in [-0.2, 0) is 10.8 Å². The van der Waals surface area contributed by atoms with Gasteiger partial charge in [-0.1, -0.05) is 114 Å². The summed E-state index contributed by atoms with van der Waals surface area (Å²) in [6, 6.07) is 41.6. The molecule has 9 rings (SSSR count). The van der Waals surface area contributed by atoms with Crippen molar-refractivity contribution < 1.29 is 0 Å². The van der Waals surface area contributed by atoms with Crippen LogP contribution in [0.25, 0.3) is 55.7 Å². The molecule has 3 heteroatoms. The van der Waals surface area contributed by atoms with Crippen molar-refractivity contribution in [2.75, 3.05) is 0 Å². The number of benzene rings is 5. The molecule has 4 heterocycles. The average molecular weight is 595 g/mol.